The highest BCUT2D eigenvalue weighted by molar-refractivity contribution is 6.31. The van der Waals surface area contributed by atoms with Gasteiger partial charge in [-0.05, 0) is 24.3 Å². The van der Waals surface area contributed by atoms with Crippen LogP contribution in [-0.2, 0) is 4.79 Å². The molecule has 1 N–H and O–H groups in total. The molecule has 108 valence electrons. The van der Waals surface area contributed by atoms with Crippen LogP contribution in [0.4, 0.5) is 11.4 Å². The van der Waals surface area contributed by atoms with Crippen molar-refractivity contribution >= 4 is 34.7 Å². The van der Waals surface area contributed by atoms with Crippen LogP contribution in [0.2, 0.25) is 5.02 Å². The maximum Gasteiger partial charge on any atom is 0.294 e. The summed E-state index contributed by atoms with van der Waals surface area (Å²) < 4.78 is 4.87. The van der Waals surface area contributed by atoms with E-state index in [4.69, 9.17) is 16.0 Å². The van der Waals surface area contributed by atoms with Gasteiger partial charge in [-0.15, -0.1) is 0 Å². The molecule has 0 aliphatic heterocycles. The van der Waals surface area contributed by atoms with Crippen molar-refractivity contribution in [2.45, 2.75) is 6.42 Å². The highest BCUT2D eigenvalue weighted by Crippen LogP contribution is 2.27. The van der Waals surface area contributed by atoms with E-state index >= 15 is 0 Å². The molecule has 8 heteroatoms. The van der Waals surface area contributed by atoms with Gasteiger partial charge in [-0.25, -0.2) is 0 Å². The van der Waals surface area contributed by atoms with E-state index in [1.165, 1.54) is 30.5 Å². The summed E-state index contributed by atoms with van der Waals surface area (Å²) in [6.07, 6.45) is 0.836. The molecule has 2 rings (SSSR count). The SMILES string of the molecule is O=C(CC(=O)c1ccco1)Nc1ccc(Cl)cc1[N+](=O)[O-]. The maximum absolute atomic E-state index is 11.7. The molecule has 0 atom stereocenters. The Kier molecular flexibility index (Phi) is 4.34. The number of carbonyl (C=O) groups is 2. The first-order valence-electron chi connectivity index (χ1n) is 5.78. The number of nitrogens with zero attached hydrogens (tertiary/aromatic N) is 1. The summed E-state index contributed by atoms with van der Waals surface area (Å²) in [6.45, 7) is 0. The number of anilines is 1. The van der Waals surface area contributed by atoms with Crippen LogP contribution in [0.1, 0.15) is 17.0 Å². The van der Waals surface area contributed by atoms with Crippen molar-refractivity contribution in [1.29, 1.82) is 0 Å². The van der Waals surface area contributed by atoms with Crippen molar-refractivity contribution in [3.8, 4) is 0 Å². The van der Waals surface area contributed by atoms with E-state index in [1.807, 2.05) is 0 Å². The predicted octanol–water partition coefficient (Wildman–Crippen LogP) is 3.05. The molecule has 1 amide bonds. The fraction of sp³-hybridized carbons (Fsp3) is 0.0769. The third-order valence-corrected chi connectivity index (χ3v) is 2.78. The number of benzene rings is 1. The molecule has 1 aromatic heterocycles. The predicted molar refractivity (Wildman–Crippen MR) is 74.4 cm³/mol. The van der Waals surface area contributed by atoms with Gasteiger partial charge >= 0.3 is 0 Å². The first-order chi connectivity index (χ1) is 9.97. The molecular weight excluding hydrogens is 300 g/mol. The average molecular weight is 309 g/mol. The van der Waals surface area contributed by atoms with Crippen molar-refractivity contribution in [3.05, 3.63) is 57.5 Å². The van der Waals surface area contributed by atoms with Gasteiger partial charge in [0.15, 0.2) is 5.76 Å². The summed E-state index contributed by atoms with van der Waals surface area (Å²) in [5.74, 6) is -1.15. The topological polar surface area (TPSA) is 102 Å². The number of amides is 1. The number of Topliss-reactive ketones (excluding diaryl/α,β-unsaturated/α-hetero) is 1. The number of hydrogen-bond acceptors (Lipinski definition) is 5. The second-order valence-corrected chi connectivity index (χ2v) is 4.48. The molecule has 0 bridgehead atoms. The maximum atomic E-state index is 11.7. The molecule has 21 heavy (non-hydrogen) atoms. The van der Waals surface area contributed by atoms with Gasteiger partial charge in [0.05, 0.1) is 17.6 Å². The van der Waals surface area contributed by atoms with Crippen molar-refractivity contribution in [1.82, 2.24) is 0 Å². The molecule has 0 unspecified atom stereocenters. The zero-order chi connectivity index (χ0) is 15.4. The van der Waals surface area contributed by atoms with Crippen LogP contribution >= 0.6 is 11.6 Å². The standard InChI is InChI=1S/C13H9ClN2O5/c14-8-3-4-9(10(6-8)16(19)20)15-13(18)7-11(17)12-2-1-5-21-12/h1-6H,7H2,(H,15,18). The smallest absolute Gasteiger partial charge is 0.294 e. The summed E-state index contributed by atoms with van der Waals surface area (Å²) in [7, 11) is 0. The number of carbonyl (C=O) groups excluding carboxylic acids is 2. The van der Waals surface area contributed by atoms with Gasteiger partial charge in [-0.3, -0.25) is 19.7 Å². The van der Waals surface area contributed by atoms with Crippen molar-refractivity contribution in [2.24, 2.45) is 0 Å². The Morgan fingerprint density at radius 1 is 1.33 bits per heavy atom. The lowest BCUT2D eigenvalue weighted by Gasteiger charge is -2.05. The Bertz CT molecular complexity index is 697. The molecule has 0 fully saturated rings. The molecule has 1 aromatic carbocycles. The van der Waals surface area contributed by atoms with Gasteiger partial charge in [0.25, 0.3) is 5.69 Å². The van der Waals surface area contributed by atoms with E-state index in [-0.39, 0.29) is 22.2 Å². The molecule has 0 aliphatic rings. The minimum atomic E-state index is -0.679. The van der Waals surface area contributed by atoms with Gasteiger partial charge in [0.2, 0.25) is 11.7 Å². The molecule has 0 radical (unpaired) electrons. The first kappa shape index (κ1) is 14.7. The van der Waals surface area contributed by atoms with Gasteiger partial charge in [0, 0.05) is 11.1 Å². The van der Waals surface area contributed by atoms with Crippen molar-refractivity contribution in [2.75, 3.05) is 5.32 Å². The van der Waals surface area contributed by atoms with E-state index in [9.17, 15) is 19.7 Å². The van der Waals surface area contributed by atoms with E-state index < -0.39 is 23.0 Å². The number of nitro groups is 1. The van der Waals surface area contributed by atoms with E-state index in [0.717, 1.165) is 6.07 Å². The second-order valence-electron chi connectivity index (χ2n) is 4.04. The molecule has 1 heterocycles. The van der Waals surface area contributed by atoms with Crippen LogP contribution in [0, 0.1) is 10.1 Å². The largest absolute Gasteiger partial charge is 0.461 e. The summed E-state index contributed by atoms with van der Waals surface area (Å²) in [6, 6.07) is 6.77. The van der Waals surface area contributed by atoms with Gasteiger partial charge < -0.3 is 9.73 Å². The molecule has 0 spiro atoms. The van der Waals surface area contributed by atoms with Crippen molar-refractivity contribution < 1.29 is 18.9 Å². The molecule has 0 saturated carbocycles. The first-order valence-corrected chi connectivity index (χ1v) is 6.15. The second kappa shape index (κ2) is 6.19. The lowest BCUT2D eigenvalue weighted by atomic mass is 10.2. The Morgan fingerprint density at radius 3 is 2.71 bits per heavy atom. The average Bonchev–Trinajstić information content (AvgIpc) is 2.94. The zero-order valence-electron chi connectivity index (χ0n) is 10.5. The molecule has 0 aliphatic carbocycles. The lowest BCUT2D eigenvalue weighted by Crippen LogP contribution is -2.17. The number of rotatable bonds is 5. The third-order valence-electron chi connectivity index (χ3n) is 2.55. The van der Waals surface area contributed by atoms with Crippen LogP contribution in [0.15, 0.2) is 41.0 Å². The number of hydrogen-bond donors (Lipinski definition) is 1. The zero-order valence-corrected chi connectivity index (χ0v) is 11.3. The van der Waals surface area contributed by atoms with Gasteiger partial charge in [-0.2, -0.15) is 0 Å². The number of nitro benzene ring substituents is 1. The fourth-order valence-electron chi connectivity index (χ4n) is 1.63. The van der Waals surface area contributed by atoms with Crippen LogP contribution in [0.3, 0.4) is 0 Å². The lowest BCUT2D eigenvalue weighted by molar-refractivity contribution is -0.383. The Hall–Kier alpha value is -2.67. The highest BCUT2D eigenvalue weighted by atomic mass is 35.5. The van der Waals surface area contributed by atoms with E-state index in [0.29, 0.717) is 0 Å². The monoisotopic (exact) mass is 308 g/mol. The minimum absolute atomic E-state index is 0.0263. The molecule has 2 aromatic rings. The quantitative estimate of drug-likeness (QED) is 0.396. The Labute approximate surface area is 123 Å². The Morgan fingerprint density at radius 2 is 2.10 bits per heavy atom. The molecule has 0 saturated heterocycles. The van der Waals surface area contributed by atoms with Gasteiger partial charge in [-0.1, -0.05) is 11.6 Å². The minimum Gasteiger partial charge on any atom is -0.461 e. The van der Waals surface area contributed by atoms with Crippen LogP contribution in [-0.4, -0.2) is 16.6 Å². The molecular formula is C13H9ClN2O5. The van der Waals surface area contributed by atoms with Crippen LogP contribution in [0.5, 0.6) is 0 Å². The number of halogens is 1. The fourth-order valence-corrected chi connectivity index (χ4v) is 1.79. The number of nitrogens with one attached hydrogen (secondary N) is 1. The number of ketones is 1. The third kappa shape index (κ3) is 3.67. The highest BCUT2D eigenvalue weighted by Gasteiger charge is 2.19. The summed E-state index contributed by atoms with van der Waals surface area (Å²) in [4.78, 5) is 33.6. The summed E-state index contributed by atoms with van der Waals surface area (Å²) in [5.41, 5.74) is -0.372. The van der Waals surface area contributed by atoms with Gasteiger partial charge in [0.1, 0.15) is 5.69 Å². The normalized spacial score (nSPS) is 10.1. The van der Waals surface area contributed by atoms with Crippen LogP contribution in [0.25, 0.3) is 0 Å². The Balaban J connectivity index is 2.10. The van der Waals surface area contributed by atoms with Crippen molar-refractivity contribution in [3.63, 3.8) is 0 Å². The molecule has 7 nitrogen and oxygen atoms in total. The van der Waals surface area contributed by atoms with E-state index in [1.54, 1.807) is 0 Å². The van der Waals surface area contributed by atoms with Crippen LogP contribution < -0.4 is 5.32 Å². The summed E-state index contributed by atoms with van der Waals surface area (Å²) in [5, 5.41) is 13.4. The van der Waals surface area contributed by atoms with E-state index in [2.05, 4.69) is 5.32 Å². The summed E-state index contributed by atoms with van der Waals surface area (Å²) >= 11 is 5.67. The number of furan rings is 1.